The maximum absolute atomic E-state index is 11.8. The summed E-state index contributed by atoms with van der Waals surface area (Å²) in [7, 11) is 0. The van der Waals surface area contributed by atoms with Gasteiger partial charge in [-0.25, -0.2) is 0 Å². The Hall–Kier alpha value is -1.79. The summed E-state index contributed by atoms with van der Waals surface area (Å²) in [6, 6.07) is 6.33. The van der Waals surface area contributed by atoms with Crippen LogP contribution in [0.5, 0.6) is 11.5 Å². The third-order valence-corrected chi connectivity index (χ3v) is 4.12. The molecule has 2 aliphatic rings. The van der Waals surface area contributed by atoms with E-state index in [-0.39, 0.29) is 11.9 Å². The maximum atomic E-state index is 11.8. The highest BCUT2D eigenvalue weighted by Gasteiger charge is 2.20. The summed E-state index contributed by atoms with van der Waals surface area (Å²) in [4.78, 5) is 16.4. The van der Waals surface area contributed by atoms with Gasteiger partial charge in [-0.05, 0) is 31.5 Å². The first-order valence-electron chi connectivity index (χ1n) is 8.23. The number of carbonyl (C=O) groups excluding carboxylic acids is 1. The van der Waals surface area contributed by atoms with Crippen LogP contribution in [-0.4, -0.2) is 61.3 Å². The van der Waals surface area contributed by atoms with Crippen molar-refractivity contribution in [2.24, 2.45) is 0 Å². The molecule has 3 rings (SSSR count). The molecule has 1 aromatic carbocycles. The largest absolute Gasteiger partial charge is 0.454 e. The van der Waals surface area contributed by atoms with E-state index < -0.39 is 0 Å². The fourth-order valence-corrected chi connectivity index (χ4v) is 2.97. The molecule has 1 amide bonds. The van der Waals surface area contributed by atoms with E-state index in [9.17, 15) is 4.79 Å². The van der Waals surface area contributed by atoms with Gasteiger partial charge in [0.2, 0.25) is 12.7 Å². The molecular weight excluding hydrogens is 294 g/mol. The van der Waals surface area contributed by atoms with E-state index in [0.29, 0.717) is 13.3 Å². The SMILES string of the molecule is CC(C)NC(=O)CN1CCN(Cc2ccc3c(c2)OCO3)CC1. The minimum Gasteiger partial charge on any atom is -0.454 e. The predicted octanol–water partition coefficient (Wildman–Crippen LogP) is 1.06. The normalized spacial score (nSPS) is 18.4. The number of fused-ring (bicyclic) bond motifs is 1. The molecule has 0 aliphatic carbocycles. The molecule has 23 heavy (non-hydrogen) atoms. The number of piperazine rings is 1. The van der Waals surface area contributed by atoms with E-state index in [2.05, 4.69) is 27.2 Å². The first-order chi connectivity index (χ1) is 11.1. The van der Waals surface area contributed by atoms with E-state index >= 15 is 0 Å². The van der Waals surface area contributed by atoms with Crippen LogP contribution >= 0.6 is 0 Å². The zero-order chi connectivity index (χ0) is 16.2. The Bertz CT molecular complexity index is 554. The molecule has 1 saturated heterocycles. The third kappa shape index (κ3) is 4.36. The summed E-state index contributed by atoms with van der Waals surface area (Å²) in [6.07, 6.45) is 0. The van der Waals surface area contributed by atoms with Gasteiger partial charge in [0.1, 0.15) is 0 Å². The van der Waals surface area contributed by atoms with Gasteiger partial charge in [0, 0.05) is 38.8 Å². The van der Waals surface area contributed by atoms with Crippen molar-refractivity contribution < 1.29 is 14.3 Å². The second kappa shape index (κ2) is 7.19. The molecule has 0 radical (unpaired) electrons. The number of carbonyl (C=O) groups is 1. The molecule has 0 spiro atoms. The number of benzene rings is 1. The Morgan fingerprint density at radius 1 is 1.13 bits per heavy atom. The summed E-state index contributed by atoms with van der Waals surface area (Å²) < 4.78 is 10.8. The number of nitrogens with one attached hydrogen (secondary N) is 1. The Morgan fingerprint density at radius 3 is 2.57 bits per heavy atom. The second-order valence-corrected chi connectivity index (χ2v) is 6.46. The van der Waals surface area contributed by atoms with E-state index in [4.69, 9.17) is 9.47 Å². The van der Waals surface area contributed by atoms with Crippen molar-refractivity contribution in [2.45, 2.75) is 26.4 Å². The van der Waals surface area contributed by atoms with Gasteiger partial charge in [0.25, 0.3) is 0 Å². The van der Waals surface area contributed by atoms with E-state index in [1.807, 2.05) is 19.9 Å². The van der Waals surface area contributed by atoms with Crippen molar-refractivity contribution in [1.29, 1.82) is 0 Å². The number of rotatable bonds is 5. The van der Waals surface area contributed by atoms with Crippen molar-refractivity contribution >= 4 is 5.91 Å². The van der Waals surface area contributed by atoms with Crippen molar-refractivity contribution in [3.8, 4) is 11.5 Å². The minimum atomic E-state index is 0.115. The lowest BCUT2D eigenvalue weighted by Gasteiger charge is -2.34. The van der Waals surface area contributed by atoms with Crippen molar-refractivity contribution in [3.05, 3.63) is 23.8 Å². The standard InChI is InChI=1S/C17H25N3O3/c1-13(2)18-17(21)11-20-7-5-19(6-8-20)10-14-3-4-15-16(9-14)23-12-22-15/h3-4,9,13H,5-8,10-12H2,1-2H3,(H,18,21). The van der Waals surface area contributed by atoms with E-state index in [1.54, 1.807) is 0 Å². The fourth-order valence-electron chi connectivity index (χ4n) is 2.97. The van der Waals surface area contributed by atoms with E-state index in [1.165, 1.54) is 5.56 Å². The first-order valence-corrected chi connectivity index (χ1v) is 8.23. The first kappa shape index (κ1) is 16.1. The smallest absolute Gasteiger partial charge is 0.234 e. The van der Waals surface area contributed by atoms with Crippen molar-refractivity contribution in [1.82, 2.24) is 15.1 Å². The van der Waals surface area contributed by atoms with Crippen LogP contribution in [0.3, 0.4) is 0 Å². The van der Waals surface area contributed by atoms with Crippen LogP contribution in [0.25, 0.3) is 0 Å². The van der Waals surface area contributed by atoms with Crippen LogP contribution in [0.2, 0.25) is 0 Å². The lowest BCUT2D eigenvalue weighted by Crippen LogP contribution is -2.49. The molecule has 2 aliphatic heterocycles. The molecule has 1 fully saturated rings. The van der Waals surface area contributed by atoms with Crippen LogP contribution in [0.15, 0.2) is 18.2 Å². The lowest BCUT2D eigenvalue weighted by atomic mass is 10.1. The average molecular weight is 319 g/mol. The molecule has 0 atom stereocenters. The van der Waals surface area contributed by atoms with Crippen molar-refractivity contribution in [3.63, 3.8) is 0 Å². The molecule has 126 valence electrons. The highest BCUT2D eigenvalue weighted by atomic mass is 16.7. The molecule has 1 N–H and O–H groups in total. The van der Waals surface area contributed by atoms with Gasteiger partial charge in [-0.1, -0.05) is 6.07 Å². The minimum absolute atomic E-state index is 0.115. The Kier molecular flexibility index (Phi) is 5.03. The van der Waals surface area contributed by atoms with Gasteiger partial charge >= 0.3 is 0 Å². The maximum Gasteiger partial charge on any atom is 0.234 e. The van der Waals surface area contributed by atoms with Crippen LogP contribution in [0, 0.1) is 0 Å². The molecule has 2 heterocycles. The van der Waals surface area contributed by atoms with Gasteiger partial charge in [0.15, 0.2) is 11.5 Å². The highest BCUT2D eigenvalue weighted by Crippen LogP contribution is 2.32. The number of ether oxygens (including phenoxy) is 2. The monoisotopic (exact) mass is 319 g/mol. The van der Waals surface area contributed by atoms with Crippen LogP contribution in [0.1, 0.15) is 19.4 Å². The number of hydrogen-bond donors (Lipinski definition) is 1. The molecule has 0 saturated carbocycles. The Labute approximate surface area is 137 Å². The quantitative estimate of drug-likeness (QED) is 0.879. The molecule has 0 bridgehead atoms. The van der Waals surface area contributed by atoms with Gasteiger partial charge < -0.3 is 14.8 Å². The molecule has 0 unspecified atom stereocenters. The van der Waals surface area contributed by atoms with Crippen molar-refractivity contribution in [2.75, 3.05) is 39.5 Å². The molecule has 6 heteroatoms. The average Bonchev–Trinajstić information content (AvgIpc) is 2.96. The summed E-state index contributed by atoms with van der Waals surface area (Å²) in [5.41, 5.74) is 1.24. The summed E-state index contributed by atoms with van der Waals surface area (Å²) in [6.45, 7) is 9.50. The fraction of sp³-hybridized carbons (Fsp3) is 0.588. The molecular formula is C17H25N3O3. The number of nitrogens with zero attached hydrogens (tertiary/aromatic N) is 2. The third-order valence-electron chi connectivity index (χ3n) is 4.12. The Balaban J connectivity index is 1.45. The topological polar surface area (TPSA) is 54.0 Å². The molecule has 0 aromatic heterocycles. The number of amides is 1. The molecule has 1 aromatic rings. The van der Waals surface area contributed by atoms with Gasteiger partial charge in [-0.15, -0.1) is 0 Å². The zero-order valence-electron chi connectivity index (χ0n) is 13.9. The highest BCUT2D eigenvalue weighted by molar-refractivity contribution is 5.78. The predicted molar refractivity (Wildman–Crippen MR) is 87.6 cm³/mol. The van der Waals surface area contributed by atoms with Gasteiger partial charge in [-0.3, -0.25) is 14.6 Å². The zero-order valence-corrected chi connectivity index (χ0v) is 13.9. The lowest BCUT2D eigenvalue weighted by molar-refractivity contribution is -0.123. The second-order valence-electron chi connectivity index (χ2n) is 6.46. The van der Waals surface area contributed by atoms with Gasteiger partial charge in [0.05, 0.1) is 6.54 Å². The Morgan fingerprint density at radius 2 is 1.83 bits per heavy atom. The summed E-state index contributed by atoms with van der Waals surface area (Å²) in [5.74, 6) is 1.78. The summed E-state index contributed by atoms with van der Waals surface area (Å²) >= 11 is 0. The number of hydrogen-bond acceptors (Lipinski definition) is 5. The van der Waals surface area contributed by atoms with Crippen LogP contribution in [-0.2, 0) is 11.3 Å². The van der Waals surface area contributed by atoms with E-state index in [0.717, 1.165) is 44.2 Å². The van der Waals surface area contributed by atoms with Gasteiger partial charge in [-0.2, -0.15) is 0 Å². The summed E-state index contributed by atoms with van der Waals surface area (Å²) in [5, 5.41) is 2.95. The van der Waals surface area contributed by atoms with Crippen LogP contribution in [0.4, 0.5) is 0 Å². The van der Waals surface area contributed by atoms with Crippen LogP contribution < -0.4 is 14.8 Å². The molecule has 6 nitrogen and oxygen atoms in total.